The summed E-state index contributed by atoms with van der Waals surface area (Å²) in [6.07, 6.45) is 0. The third-order valence-corrected chi connectivity index (χ3v) is 4.95. The number of ether oxygens (including phenoxy) is 1. The number of aromatic nitrogens is 3. The molecule has 27 heavy (non-hydrogen) atoms. The first-order chi connectivity index (χ1) is 13.1. The van der Waals surface area contributed by atoms with Gasteiger partial charge in [0.2, 0.25) is 5.91 Å². The lowest BCUT2D eigenvalue weighted by molar-refractivity contribution is -0.113. The van der Waals surface area contributed by atoms with Crippen molar-refractivity contribution in [2.24, 2.45) is 0 Å². The van der Waals surface area contributed by atoms with Gasteiger partial charge in [-0.25, -0.2) is 0 Å². The average molecular weight is 403 g/mol. The Labute approximate surface area is 166 Å². The van der Waals surface area contributed by atoms with Crippen LogP contribution in [0, 0.1) is 6.92 Å². The molecule has 0 spiro atoms. The fourth-order valence-electron chi connectivity index (χ4n) is 2.54. The van der Waals surface area contributed by atoms with Crippen molar-refractivity contribution in [3.05, 3.63) is 64.9 Å². The number of carbonyl (C=O) groups excluding carboxylic acids is 1. The standard InChI is InChI=1S/C19H19ClN4O2S/c1-13-10-14(20)8-9-16(13)21-18(25)12-27-19-23-22-17(11-26-2)24(19)15-6-4-3-5-7-15/h3-10H,11-12H2,1-2H3,(H,21,25). The van der Waals surface area contributed by atoms with E-state index in [1.807, 2.05) is 47.9 Å². The molecule has 3 rings (SSSR count). The Balaban J connectivity index is 1.73. The zero-order valence-corrected chi connectivity index (χ0v) is 16.5. The maximum absolute atomic E-state index is 12.4. The molecule has 0 aliphatic heterocycles. The van der Waals surface area contributed by atoms with Crippen LogP contribution in [-0.4, -0.2) is 33.5 Å². The number of hydrogen-bond donors (Lipinski definition) is 1. The van der Waals surface area contributed by atoms with Gasteiger partial charge < -0.3 is 10.1 Å². The molecule has 0 unspecified atom stereocenters. The molecular formula is C19H19ClN4O2S. The number of benzene rings is 2. The fraction of sp³-hybridized carbons (Fsp3) is 0.211. The number of amides is 1. The number of anilines is 1. The van der Waals surface area contributed by atoms with E-state index in [1.165, 1.54) is 11.8 Å². The summed E-state index contributed by atoms with van der Waals surface area (Å²) in [6.45, 7) is 2.23. The highest BCUT2D eigenvalue weighted by molar-refractivity contribution is 7.99. The largest absolute Gasteiger partial charge is 0.377 e. The minimum absolute atomic E-state index is 0.124. The first-order valence-electron chi connectivity index (χ1n) is 8.26. The molecule has 0 bridgehead atoms. The first kappa shape index (κ1) is 19.4. The summed E-state index contributed by atoms with van der Waals surface area (Å²) in [6, 6.07) is 15.1. The second-order valence-corrected chi connectivity index (χ2v) is 7.18. The van der Waals surface area contributed by atoms with E-state index in [9.17, 15) is 4.79 Å². The van der Waals surface area contributed by atoms with Crippen LogP contribution in [0.2, 0.25) is 5.02 Å². The summed E-state index contributed by atoms with van der Waals surface area (Å²) in [4.78, 5) is 12.4. The molecule has 140 valence electrons. The number of halogens is 1. The third kappa shape index (κ3) is 4.88. The summed E-state index contributed by atoms with van der Waals surface area (Å²) in [5.74, 6) is 0.765. The maximum Gasteiger partial charge on any atom is 0.234 e. The van der Waals surface area contributed by atoms with E-state index >= 15 is 0 Å². The molecule has 1 amide bonds. The van der Waals surface area contributed by atoms with Crippen molar-refractivity contribution < 1.29 is 9.53 Å². The topological polar surface area (TPSA) is 69.0 Å². The molecule has 0 radical (unpaired) electrons. The third-order valence-electron chi connectivity index (χ3n) is 3.78. The Kier molecular flexibility index (Phi) is 6.49. The Bertz CT molecular complexity index is 931. The predicted octanol–water partition coefficient (Wildman–Crippen LogP) is 4.11. The van der Waals surface area contributed by atoms with Crippen molar-refractivity contribution in [1.29, 1.82) is 0 Å². The van der Waals surface area contributed by atoms with Crippen LogP contribution in [0.15, 0.2) is 53.7 Å². The second-order valence-electron chi connectivity index (χ2n) is 5.80. The molecule has 0 saturated heterocycles. The molecule has 0 atom stereocenters. The Morgan fingerprint density at radius 1 is 1.22 bits per heavy atom. The van der Waals surface area contributed by atoms with Crippen LogP contribution in [0.3, 0.4) is 0 Å². The second kappa shape index (κ2) is 9.03. The van der Waals surface area contributed by atoms with Gasteiger partial charge in [0.1, 0.15) is 6.61 Å². The number of methoxy groups -OCH3 is 1. The van der Waals surface area contributed by atoms with Gasteiger partial charge in [-0.05, 0) is 42.8 Å². The van der Waals surface area contributed by atoms with Crippen LogP contribution in [0.5, 0.6) is 0 Å². The zero-order chi connectivity index (χ0) is 19.2. The van der Waals surface area contributed by atoms with E-state index in [0.717, 1.165) is 16.9 Å². The Morgan fingerprint density at radius 2 is 2.00 bits per heavy atom. The average Bonchev–Trinajstić information content (AvgIpc) is 3.06. The van der Waals surface area contributed by atoms with E-state index < -0.39 is 0 Å². The van der Waals surface area contributed by atoms with Gasteiger partial charge in [0.05, 0.1) is 5.75 Å². The molecular weight excluding hydrogens is 384 g/mol. The van der Waals surface area contributed by atoms with Gasteiger partial charge in [-0.15, -0.1) is 10.2 Å². The van der Waals surface area contributed by atoms with Crippen LogP contribution < -0.4 is 5.32 Å². The van der Waals surface area contributed by atoms with Crippen molar-refractivity contribution >= 4 is 35.0 Å². The van der Waals surface area contributed by atoms with Gasteiger partial charge in [0.15, 0.2) is 11.0 Å². The monoisotopic (exact) mass is 402 g/mol. The SMILES string of the molecule is COCc1nnc(SCC(=O)Nc2ccc(Cl)cc2C)n1-c1ccccc1. The van der Waals surface area contributed by atoms with Gasteiger partial charge in [-0.2, -0.15) is 0 Å². The normalized spacial score (nSPS) is 10.8. The van der Waals surface area contributed by atoms with Crippen molar-refractivity contribution in [3.63, 3.8) is 0 Å². The van der Waals surface area contributed by atoms with Gasteiger partial charge in [0.25, 0.3) is 0 Å². The predicted molar refractivity (Wildman–Crippen MR) is 108 cm³/mol. The van der Waals surface area contributed by atoms with E-state index in [0.29, 0.717) is 22.6 Å². The molecule has 0 saturated carbocycles. The summed E-state index contributed by atoms with van der Waals surface area (Å²) in [7, 11) is 1.61. The molecule has 1 heterocycles. The molecule has 6 nitrogen and oxygen atoms in total. The van der Waals surface area contributed by atoms with Crippen molar-refractivity contribution in [1.82, 2.24) is 14.8 Å². The van der Waals surface area contributed by atoms with Gasteiger partial charge in [-0.1, -0.05) is 41.6 Å². The molecule has 1 aromatic heterocycles. The number of carbonyl (C=O) groups is 1. The van der Waals surface area contributed by atoms with E-state index in [-0.39, 0.29) is 11.7 Å². The zero-order valence-electron chi connectivity index (χ0n) is 15.0. The maximum atomic E-state index is 12.4. The highest BCUT2D eigenvalue weighted by Gasteiger charge is 2.16. The quantitative estimate of drug-likeness (QED) is 0.602. The number of nitrogens with one attached hydrogen (secondary N) is 1. The van der Waals surface area contributed by atoms with E-state index in [2.05, 4.69) is 15.5 Å². The fourth-order valence-corrected chi connectivity index (χ4v) is 3.53. The van der Waals surface area contributed by atoms with Gasteiger partial charge >= 0.3 is 0 Å². The summed E-state index contributed by atoms with van der Waals surface area (Å²) in [5, 5.41) is 12.6. The van der Waals surface area contributed by atoms with Crippen molar-refractivity contribution in [3.8, 4) is 5.69 Å². The lowest BCUT2D eigenvalue weighted by Gasteiger charge is -2.10. The smallest absolute Gasteiger partial charge is 0.234 e. The van der Waals surface area contributed by atoms with E-state index in [4.69, 9.17) is 16.3 Å². The van der Waals surface area contributed by atoms with Crippen LogP contribution in [0.1, 0.15) is 11.4 Å². The highest BCUT2D eigenvalue weighted by Crippen LogP contribution is 2.24. The van der Waals surface area contributed by atoms with Crippen LogP contribution in [-0.2, 0) is 16.1 Å². The number of aryl methyl sites for hydroxylation is 1. The molecule has 0 aliphatic carbocycles. The summed E-state index contributed by atoms with van der Waals surface area (Å²) < 4.78 is 7.11. The molecule has 8 heteroatoms. The van der Waals surface area contributed by atoms with Gasteiger partial charge in [0, 0.05) is 23.5 Å². The molecule has 1 N–H and O–H groups in total. The van der Waals surface area contributed by atoms with Crippen molar-refractivity contribution in [2.45, 2.75) is 18.7 Å². The van der Waals surface area contributed by atoms with Crippen LogP contribution >= 0.6 is 23.4 Å². The van der Waals surface area contributed by atoms with Crippen LogP contribution in [0.25, 0.3) is 5.69 Å². The summed E-state index contributed by atoms with van der Waals surface area (Å²) in [5.41, 5.74) is 2.58. The number of para-hydroxylation sites is 1. The molecule has 0 aliphatic rings. The number of rotatable bonds is 7. The lowest BCUT2D eigenvalue weighted by Crippen LogP contribution is -2.15. The molecule has 0 fully saturated rings. The van der Waals surface area contributed by atoms with Crippen LogP contribution in [0.4, 0.5) is 5.69 Å². The number of thioether (sulfide) groups is 1. The highest BCUT2D eigenvalue weighted by atomic mass is 35.5. The molecule has 3 aromatic rings. The van der Waals surface area contributed by atoms with Gasteiger partial charge in [-0.3, -0.25) is 9.36 Å². The number of nitrogens with zero attached hydrogens (tertiary/aromatic N) is 3. The Morgan fingerprint density at radius 3 is 2.70 bits per heavy atom. The minimum Gasteiger partial charge on any atom is -0.377 e. The lowest BCUT2D eigenvalue weighted by atomic mass is 10.2. The molecule has 2 aromatic carbocycles. The summed E-state index contributed by atoms with van der Waals surface area (Å²) >= 11 is 7.27. The Hall–Kier alpha value is -2.35. The van der Waals surface area contributed by atoms with Crippen molar-refractivity contribution in [2.75, 3.05) is 18.2 Å². The first-order valence-corrected chi connectivity index (χ1v) is 9.62. The van der Waals surface area contributed by atoms with E-state index in [1.54, 1.807) is 19.2 Å². The number of hydrogen-bond acceptors (Lipinski definition) is 5. The minimum atomic E-state index is -0.124.